The lowest BCUT2D eigenvalue weighted by atomic mass is 9.91. The first kappa shape index (κ1) is 25.3. The fraction of sp³-hybridized carbons (Fsp3) is 0.409. The molecule has 168 valence electrons. The van der Waals surface area contributed by atoms with Crippen molar-refractivity contribution in [3.8, 4) is 0 Å². The number of ether oxygens (including phenoxy) is 1. The monoisotopic (exact) mass is 484 g/mol. The van der Waals surface area contributed by atoms with Crippen molar-refractivity contribution in [2.24, 2.45) is 5.41 Å². The second-order valence-corrected chi connectivity index (χ2v) is 10.0. The van der Waals surface area contributed by atoms with E-state index in [1.807, 2.05) is 0 Å². The molecule has 9 heteroatoms. The molecule has 1 aromatic heterocycles. The first-order valence-corrected chi connectivity index (χ1v) is 11.2. The van der Waals surface area contributed by atoms with Gasteiger partial charge in [-0.1, -0.05) is 50.0 Å². The highest BCUT2D eigenvalue weighted by atomic mass is 35.5. The van der Waals surface area contributed by atoms with Gasteiger partial charge in [-0.05, 0) is 25.1 Å². The Balaban J connectivity index is 2.61. The minimum absolute atomic E-state index is 0.155. The van der Waals surface area contributed by atoms with Crippen LogP contribution in [0, 0.1) is 5.41 Å². The van der Waals surface area contributed by atoms with Crippen molar-refractivity contribution in [1.29, 1.82) is 0 Å². The highest BCUT2D eigenvalue weighted by Gasteiger charge is 2.20. The summed E-state index contributed by atoms with van der Waals surface area (Å²) in [6, 6.07) is 4.84. The van der Waals surface area contributed by atoms with E-state index in [4.69, 9.17) is 27.9 Å². The summed E-state index contributed by atoms with van der Waals surface area (Å²) in [5.74, 6) is -0.511. The molecule has 1 aromatic carbocycles. The Morgan fingerprint density at radius 3 is 2.42 bits per heavy atom. The second kappa shape index (κ2) is 10.6. The lowest BCUT2D eigenvalue weighted by Crippen LogP contribution is -2.42. The Bertz CT molecular complexity index is 1130. The van der Waals surface area contributed by atoms with Crippen LogP contribution in [0.15, 0.2) is 23.0 Å². The molecule has 0 aliphatic heterocycles. The molecular formula is C22H26Cl2N2O4S. The van der Waals surface area contributed by atoms with E-state index in [0.717, 1.165) is 11.3 Å². The van der Waals surface area contributed by atoms with Crippen LogP contribution < -0.4 is 20.1 Å². The molecular weight excluding hydrogens is 459 g/mol. The molecule has 0 fully saturated rings. The first-order chi connectivity index (χ1) is 14.4. The van der Waals surface area contributed by atoms with Gasteiger partial charge in [0.15, 0.2) is 5.78 Å². The van der Waals surface area contributed by atoms with E-state index < -0.39 is 11.0 Å². The quantitative estimate of drug-likeness (QED) is 0.654. The first-order valence-electron chi connectivity index (χ1n) is 9.64. The van der Waals surface area contributed by atoms with E-state index in [1.54, 1.807) is 59.1 Å². The molecule has 0 aliphatic rings. The highest BCUT2D eigenvalue weighted by Crippen LogP contribution is 2.24. The zero-order valence-electron chi connectivity index (χ0n) is 18.1. The maximum Gasteiger partial charge on any atom is 0.269 e. The van der Waals surface area contributed by atoms with Crippen LogP contribution in [0.1, 0.15) is 33.3 Å². The van der Waals surface area contributed by atoms with Crippen molar-refractivity contribution < 1.29 is 14.3 Å². The van der Waals surface area contributed by atoms with Gasteiger partial charge in [-0.2, -0.15) is 0 Å². The maximum absolute atomic E-state index is 13.1. The molecule has 0 saturated carbocycles. The predicted octanol–water partition coefficient (Wildman–Crippen LogP) is 2.59. The van der Waals surface area contributed by atoms with Crippen LogP contribution in [-0.2, 0) is 20.9 Å². The average Bonchev–Trinajstić information content (AvgIpc) is 2.93. The standard InChI is InChI=1S/C22H26Cl2N2O4S/c1-13(12-30-5)25-19(28)11-26-20(10-18(27)22(2,3)4)31-17(21(26)29)9-14-15(23)7-6-8-16(14)24/h6-10,13H,11-12H2,1-5H3,(H,25,28). The third-order valence-electron chi connectivity index (χ3n) is 4.33. The number of nitrogens with one attached hydrogen (secondary N) is 1. The van der Waals surface area contributed by atoms with Crippen molar-refractivity contribution in [3.63, 3.8) is 0 Å². The van der Waals surface area contributed by atoms with E-state index in [0.29, 0.717) is 31.4 Å². The third-order valence-corrected chi connectivity index (χ3v) is 6.05. The summed E-state index contributed by atoms with van der Waals surface area (Å²) in [4.78, 5) is 38.2. The number of carbonyl (C=O) groups excluding carboxylic acids is 2. The Hall–Kier alpha value is -1.93. The molecule has 1 unspecified atom stereocenters. The van der Waals surface area contributed by atoms with Crippen molar-refractivity contribution in [2.45, 2.75) is 40.3 Å². The largest absolute Gasteiger partial charge is 0.383 e. The number of carbonyl (C=O) groups is 2. The Morgan fingerprint density at radius 1 is 1.26 bits per heavy atom. The number of nitrogens with zero attached hydrogens (tertiary/aromatic N) is 1. The predicted molar refractivity (Wildman–Crippen MR) is 126 cm³/mol. The molecule has 0 spiro atoms. The number of rotatable bonds is 7. The summed E-state index contributed by atoms with van der Waals surface area (Å²) in [6.07, 6.45) is 2.99. The number of hydrogen-bond donors (Lipinski definition) is 1. The normalized spacial score (nSPS) is 14.0. The van der Waals surface area contributed by atoms with Crippen molar-refractivity contribution >= 4 is 58.4 Å². The van der Waals surface area contributed by atoms with Gasteiger partial charge >= 0.3 is 0 Å². The van der Waals surface area contributed by atoms with Gasteiger partial charge in [-0.15, -0.1) is 11.3 Å². The topological polar surface area (TPSA) is 77.4 Å². The summed E-state index contributed by atoms with van der Waals surface area (Å²) in [6.45, 7) is 7.28. The van der Waals surface area contributed by atoms with E-state index in [9.17, 15) is 14.4 Å². The van der Waals surface area contributed by atoms with Crippen LogP contribution in [0.3, 0.4) is 0 Å². The van der Waals surface area contributed by atoms with Crippen LogP contribution >= 0.6 is 34.5 Å². The minimum atomic E-state index is -0.629. The van der Waals surface area contributed by atoms with Crippen molar-refractivity contribution in [1.82, 2.24) is 9.88 Å². The lowest BCUT2D eigenvalue weighted by Gasteiger charge is -2.14. The highest BCUT2D eigenvalue weighted by molar-refractivity contribution is 7.07. The molecule has 2 rings (SSSR count). The van der Waals surface area contributed by atoms with E-state index >= 15 is 0 Å². The third kappa shape index (κ3) is 6.77. The van der Waals surface area contributed by atoms with Gasteiger partial charge < -0.3 is 10.1 Å². The zero-order valence-corrected chi connectivity index (χ0v) is 20.5. The molecule has 0 aliphatic carbocycles. The number of thiazole rings is 1. The minimum Gasteiger partial charge on any atom is -0.383 e. The van der Waals surface area contributed by atoms with Gasteiger partial charge in [0.2, 0.25) is 5.91 Å². The van der Waals surface area contributed by atoms with E-state index in [-0.39, 0.29) is 24.3 Å². The molecule has 1 heterocycles. The van der Waals surface area contributed by atoms with Crippen LogP contribution in [0.2, 0.25) is 10.0 Å². The van der Waals surface area contributed by atoms with Gasteiger partial charge in [0.25, 0.3) is 5.56 Å². The summed E-state index contributed by atoms with van der Waals surface area (Å²) in [5.41, 5.74) is -0.526. The van der Waals surface area contributed by atoms with Crippen LogP contribution in [0.5, 0.6) is 0 Å². The Labute approximate surface area is 195 Å². The summed E-state index contributed by atoms with van der Waals surface area (Å²) in [5, 5.41) is 3.57. The fourth-order valence-electron chi connectivity index (χ4n) is 2.66. The number of halogens is 2. The molecule has 6 nitrogen and oxygen atoms in total. The number of benzene rings is 1. The maximum atomic E-state index is 13.1. The number of ketones is 1. The van der Waals surface area contributed by atoms with Crippen LogP contribution in [-0.4, -0.2) is 36.0 Å². The number of methoxy groups -OCH3 is 1. The second-order valence-electron chi connectivity index (χ2n) is 8.16. The molecule has 0 saturated heterocycles. The summed E-state index contributed by atoms with van der Waals surface area (Å²) < 4.78 is 7.02. The van der Waals surface area contributed by atoms with Crippen LogP contribution in [0.4, 0.5) is 0 Å². The van der Waals surface area contributed by atoms with Crippen molar-refractivity contribution in [2.75, 3.05) is 13.7 Å². The van der Waals surface area contributed by atoms with Crippen molar-refractivity contribution in [3.05, 3.63) is 53.4 Å². The molecule has 0 bridgehead atoms. The average molecular weight is 485 g/mol. The number of aromatic nitrogens is 1. The summed E-state index contributed by atoms with van der Waals surface area (Å²) >= 11 is 13.6. The SMILES string of the molecule is COCC(C)NC(=O)Cn1c(=CC(=O)C(C)(C)C)sc(=Cc2c(Cl)cccc2Cl)c1=O. The Kier molecular flexibility index (Phi) is 8.65. The fourth-order valence-corrected chi connectivity index (χ4v) is 4.19. The van der Waals surface area contributed by atoms with E-state index in [1.165, 1.54) is 10.6 Å². The molecule has 1 N–H and O–H groups in total. The van der Waals surface area contributed by atoms with E-state index in [2.05, 4.69) is 5.32 Å². The number of Topliss-reactive ketones (excluding diaryl/α,β-unsaturated/α-hetero) is 1. The lowest BCUT2D eigenvalue weighted by molar-refractivity contribution is -0.123. The van der Waals surface area contributed by atoms with Gasteiger partial charge in [0, 0.05) is 40.3 Å². The van der Waals surface area contributed by atoms with Gasteiger partial charge in [-0.25, -0.2) is 0 Å². The summed E-state index contributed by atoms with van der Waals surface area (Å²) in [7, 11) is 1.54. The number of amides is 1. The number of hydrogen-bond acceptors (Lipinski definition) is 5. The molecule has 2 aromatic rings. The smallest absolute Gasteiger partial charge is 0.269 e. The molecule has 1 amide bonds. The zero-order chi connectivity index (χ0) is 23.3. The van der Waals surface area contributed by atoms with Gasteiger partial charge in [0.1, 0.15) is 11.2 Å². The Morgan fingerprint density at radius 2 is 1.87 bits per heavy atom. The van der Waals surface area contributed by atoms with Gasteiger partial charge in [-0.3, -0.25) is 19.0 Å². The molecule has 31 heavy (non-hydrogen) atoms. The van der Waals surface area contributed by atoms with Gasteiger partial charge in [0.05, 0.1) is 11.1 Å². The van der Waals surface area contributed by atoms with Crippen LogP contribution in [0.25, 0.3) is 12.2 Å². The molecule has 0 radical (unpaired) electrons. The molecule has 1 atom stereocenters.